The standard InChI is InChI=1S/C17H15BrN2O5/c1-10(17(23)24)19-15(21)13(9-11-4-2-5-12(18)8-11)20-16(22)14-6-3-7-25-14/h2-10H,1H3,(H,19,21)(H,20,22)(H,23,24)/b13-9+/t10-/m0/s1. The van der Waals surface area contributed by atoms with Crippen molar-refractivity contribution in [2.24, 2.45) is 0 Å². The van der Waals surface area contributed by atoms with Crippen LogP contribution in [0.25, 0.3) is 6.08 Å². The molecular weight excluding hydrogens is 392 g/mol. The fraction of sp³-hybridized carbons (Fsp3) is 0.118. The van der Waals surface area contributed by atoms with Gasteiger partial charge in [0.15, 0.2) is 5.76 Å². The topological polar surface area (TPSA) is 109 Å². The lowest BCUT2D eigenvalue weighted by atomic mass is 10.1. The lowest BCUT2D eigenvalue weighted by molar-refractivity contribution is -0.140. The highest BCUT2D eigenvalue weighted by Crippen LogP contribution is 2.14. The largest absolute Gasteiger partial charge is 0.480 e. The first-order valence-electron chi connectivity index (χ1n) is 7.22. The summed E-state index contributed by atoms with van der Waals surface area (Å²) in [6, 6.07) is 8.93. The van der Waals surface area contributed by atoms with Crippen LogP contribution in [0.2, 0.25) is 0 Å². The van der Waals surface area contributed by atoms with Gasteiger partial charge >= 0.3 is 5.97 Å². The first kappa shape index (κ1) is 18.5. The second-order valence-corrected chi connectivity index (χ2v) is 5.99. The van der Waals surface area contributed by atoms with E-state index in [4.69, 9.17) is 9.52 Å². The normalized spacial score (nSPS) is 12.3. The smallest absolute Gasteiger partial charge is 0.325 e. The Kier molecular flexibility index (Phi) is 6.13. The van der Waals surface area contributed by atoms with Crippen molar-refractivity contribution >= 4 is 39.8 Å². The maximum Gasteiger partial charge on any atom is 0.325 e. The summed E-state index contributed by atoms with van der Waals surface area (Å²) in [6.07, 6.45) is 2.77. The van der Waals surface area contributed by atoms with Crippen molar-refractivity contribution in [2.75, 3.05) is 0 Å². The van der Waals surface area contributed by atoms with E-state index in [1.54, 1.807) is 24.3 Å². The van der Waals surface area contributed by atoms with E-state index in [9.17, 15) is 14.4 Å². The number of amides is 2. The second kappa shape index (κ2) is 8.29. The number of carboxylic acid groups (broad SMARTS) is 1. The van der Waals surface area contributed by atoms with Crippen LogP contribution in [0.5, 0.6) is 0 Å². The molecule has 1 aromatic carbocycles. The Morgan fingerprint density at radius 1 is 1.24 bits per heavy atom. The molecular formula is C17H15BrN2O5. The number of rotatable bonds is 6. The number of nitrogens with one attached hydrogen (secondary N) is 2. The van der Waals surface area contributed by atoms with E-state index in [0.717, 1.165) is 4.47 Å². The molecule has 7 nitrogen and oxygen atoms in total. The molecule has 3 N–H and O–H groups in total. The zero-order valence-corrected chi connectivity index (χ0v) is 14.7. The van der Waals surface area contributed by atoms with Crippen molar-refractivity contribution in [2.45, 2.75) is 13.0 Å². The van der Waals surface area contributed by atoms with Gasteiger partial charge < -0.3 is 20.2 Å². The molecule has 2 amide bonds. The Hall–Kier alpha value is -2.87. The van der Waals surface area contributed by atoms with E-state index in [1.807, 2.05) is 6.07 Å². The van der Waals surface area contributed by atoms with Crippen molar-refractivity contribution in [3.63, 3.8) is 0 Å². The molecule has 2 aromatic rings. The minimum absolute atomic E-state index is 0.0271. The van der Waals surface area contributed by atoms with Crippen molar-refractivity contribution in [1.29, 1.82) is 0 Å². The van der Waals surface area contributed by atoms with Gasteiger partial charge in [-0.25, -0.2) is 0 Å². The highest BCUT2D eigenvalue weighted by Gasteiger charge is 2.20. The highest BCUT2D eigenvalue weighted by molar-refractivity contribution is 9.10. The molecule has 130 valence electrons. The number of halogens is 1. The van der Waals surface area contributed by atoms with Gasteiger partial charge in [-0.15, -0.1) is 0 Å². The monoisotopic (exact) mass is 406 g/mol. The van der Waals surface area contributed by atoms with Gasteiger partial charge in [-0.05, 0) is 42.8 Å². The molecule has 0 spiro atoms. The molecule has 0 saturated carbocycles. The number of carbonyl (C=O) groups excluding carboxylic acids is 2. The maximum atomic E-state index is 12.4. The van der Waals surface area contributed by atoms with Crippen molar-refractivity contribution in [1.82, 2.24) is 10.6 Å². The van der Waals surface area contributed by atoms with Crippen LogP contribution in [0.3, 0.4) is 0 Å². The van der Waals surface area contributed by atoms with Gasteiger partial charge in [-0.3, -0.25) is 14.4 Å². The number of carboxylic acids is 1. The summed E-state index contributed by atoms with van der Waals surface area (Å²) in [6.45, 7) is 1.32. The third kappa shape index (κ3) is 5.32. The molecule has 0 radical (unpaired) electrons. The van der Waals surface area contributed by atoms with E-state index in [-0.39, 0.29) is 11.5 Å². The molecule has 1 aromatic heterocycles. The third-order valence-corrected chi connectivity index (χ3v) is 3.61. The third-order valence-electron chi connectivity index (χ3n) is 3.12. The van der Waals surface area contributed by atoms with E-state index in [2.05, 4.69) is 26.6 Å². The molecule has 0 fully saturated rings. The first-order chi connectivity index (χ1) is 11.9. The average Bonchev–Trinajstić information content (AvgIpc) is 3.08. The van der Waals surface area contributed by atoms with E-state index < -0.39 is 23.8 Å². The van der Waals surface area contributed by atoms with E-state index in [1.165, 1.54) is 25.3 Å². The summed E-state index contributed by atoms with van der Waals surface area (Å²) in [5, 5.41) is 13.7. The van der Waals surface area contributed by atoms with Crippen molar-refractivity contribution in [3.05, 3.63) is 64.2 Å². The number of hydrogen-bond acceptors (Lipinski definition) is 4. The zero-order valence-electron chi connectivity index (χ0n) is 13.2. The SMILES string of the molecule is C[C@H](NC(=O)/C(=C\c1cccc(Br)c1)NC(=O)c1ccco1)C(=O)O. The van der Waals surface area contributed by atoms with Crippen LogP contribution < -0.4 is 10.6 Å². The van der Waals surface area contributed by atoms with Gasteiger partial charge in [0.1, 0.15) is 11.7 Å². The Balaban J connectivity index is 2.28. The molecule has 0 aliphatic carbocycles. The number of furan rings is 1. The Morgan fingerprint density at radius 3 is 2.60 bits per heavy atom. The quantitative estimate of drug-likeness (QED) is 0.638. The number of carbonyl (C=O) groups is 3. The maximum absolute atomic E-state index is 12.4. The summed E-state index contributed by atoms with van der Waals surface area (Å²) >= 11 is 3.32. The molecule has 0 bridgehead atoms. The lowest BCUT2D eigenvalue weighted by Gasteiger charge is -2.13. The molecule has 1 heterocycles. The van der Waals surface area contributed by atoms with Crippen LogP contribution in [-0.4, -0.2) is 28.9 Å². The Morgan fingerprint density at radius 2 is 2.00 bits per heavy atom. The fourth-order valence-corrected chi connectivity index (χ4v) is 2.27. The molecule has 0 saturated heterocycles. The number of hydrogen-bond donors (Lipinski definition) is 3. The fourth-order valence-electron chi connectivity index (χ4n) is 1.85. The van der Waals surface area contributed by atoms with Crippen LogP contribution in [0, 0.1) is 0 Å². The summed E-state index contributed by atoms with van der Waals surface area (Å²) in [7, 11) is 0. The second-order valence-electron chi connectivity index (χ2n) is 5.08. The molecule has 0 unspecified atom stereocenters. The minimum Gasteiger partial charge on any atom is -0.480 e. The average molecular weight is 407 g/mol. The summed E-state index contributed by atoms with van der Waals surface area (Å²) in [4.78, 5) is 35.4. The Labute approximate surface area is 151 Å². The van der Waals surface area contributed by atoms with Gasteiger partial charge in [0.05, 0.1) is 6.26 Å². The predicted octanol–water partition coefficient (Wildman–Crippen LogP) is 2.40. The summed E-state index contributed by atoms with van der Waals surface area (Å²) < 4.78 is 5.78. The van der Waals surface area contributed by atoms with Gasteiger partial charge in [0.2, 0.25) is 0 Å². The molecule has 1 atom stereocenters. The predicted molar refractivity (Wildman–Crippen MR) is 93.5 cm³/mol. The van der Waals surface area contributed by atoms with Crippen molar-refractivity contribution < 1.29 is 23.9 Å². The lowest BCUT2D eigenvalue weighted by Crippen LogP contribution is -2.42. The zero-order chi connectivity index (χ0) is 18.4. The number of aliphatic carboxylic acids is 1. The van der Waals surface area contributed by atoms with Crippen LogP contribution >= 0.6 is 15.9 Å². The van der Waals surface area contributed by atoms with Crippen LogP contribution in [0.4, 0.5) is 0 Å². The molecule has 25 heavy (non-hydrogen) atoms. The van der Waals surface area contributed by atoms with Crippen molar-refractivity contribution in [3.8, 4) is 0 Å². The van der Waals surface area contributed by atoms with Gasteiger partial charge in [0, 0.05) is 4.47 Å². The first-order valence-corrected chi connectivity index (χ1v) is 8.02. The van der Waals surface area contributed by atoms with Crippen LogP contribution in [-0.2, 0) is 9.59 Å². The molecule has 2 rings (SSSR count). The minimum atomic E-state index is -1.19. The van der Waals surface area contributed by atoms with Gasteiger partial charge in [-0.2, -0.15) is 0 Å². The molecule has 8 heteroatoms. The van der Waals surface area contributed by atoms with Gasteiger partial charge in [0.25, 0.3) is 11.8 Å². The van der Waals surface area contributed by atoms with Crippen LogP contribution in [0.15, 0.2) is 57.2 Å². The van der Waals surface area contributed by atoms with E-state index in [0.29, 0.717) is 5.56 Å². The molecule has 0 aliphatic heterocycles. The summed E-state index contributed by atoms with van der Waals surface area (Å²) in [5.41, 5.74) is 0.537. The molecule has 0 aliphatic rings. The number of benzene rings is 1. The van der Waals surface area contributed by atoms with E-state index >= 15 is 0 Å². The summed E-state index contributed by atoms with van der Waals surface area (Å²) in [5.74, 6) is -2.51. The Bertz CT molecular complexity index is 814. The van der Waals surface area contributed by atoms with Crippen LogP contribution in [0.1, 0.15) is 23.0 Å². The highest BCUT2D eigenvalue weighted by atomic mass is 79.9. The van der Waals surface area contributed by atoms with Gasteiger partial charge in [-0.1, -0.05) is 28.1 Å².